The molecule has 0 saturated heterocycles. The molecule has 0 bridgehead atoms. The first-order chi connectivity index (χ1) is 8.22. The normalized spacial score (nSPS) is 11.1. The van der Waals surface area contributed by atoms with Crippen LogP contribution in [0.2, 0.25) is 0 Å². The molecule has 1 rings (SSSR count). The van der Waals surface area contributed by atoms with Crippen LogP contribution in [0.4, 0.5) is 18.9 Å². The van der Waals surface area contributed by atoms with Crippen molar-refractivity contribution in [2.75, 3.05) is 11.9 Å². The summed E-state index contributed by atoms with van der Waals surface area (Å²) in [4.78, 5) is 22.9. The van der Waals surface area contributed by atoms with Crippen molar-refractivity contribution >= 4 is 17.6 Å². The zero-order valence-corrected chi connectivity index (χ0v) is 9.36. The van der Waals surface area contributed by atoms with Gasteiger partial charge < -0.3 is 10.0 Å². The zero-order chi connectivity index (χ0) is 13.9. The number of carbonyl (C=O) groups excluding carboxylic acids is 1. The van der Waals surface area contributed by atoms with E-state index in [1.54, 1.807) is 0 Å². The van der Waals surface area contributed by atoms with E-state index in [-0.39, 0.29) is 11.3 Å². The van der Waals surface area contributed by atoms with Crippen LogP contribution in [0.5, 0.6) is 0 Å². The highest BCUT2D eigenvalue weighted by Gasteiger charge is 2.33. The molecule has 0 aromatic heterocycles. The van der Waals surface area contributed by atoms with Gasteiger partial charge in [0.2, 0.25) is 5.91 Å². The minimum Gasteiger partial charge on any atom is -0.478 e. The van der Waals surface area contributed by atoms with Crippen LogP contribution in [0.1, 0.15) is 16.8 Å². The van der Waals surface area contributed by atoms with Crippen molar-refractivity contribution in [3.63, 3.8) is 0 Å². The summed E-state index contributed by atoms with van der Waals surface area (Å²) in [6.45, 7) is 0. The van der Waals surface area contributed by atoms with Crippen LogP contribution in [0.25, 0.3) is 0 Å². The zero-order valence-electron chi connectivity index (χ0n) is 9.36. The molecule has 1 aromatic rings. The quantitative estimate of drug-likeness (QED) is 0.908. The predicted molar refractivity (Wildman–Crippen MR) is 57.5 cm³/mol. The van der Waals surface area contributed by atoms with Crippen molar-refractivity contribution in [1.82, 2.24) is 0 Å². The van der Waals surface area contributed by atoms with E-state index in [4.69, 9.17) is 5.11 Å². The fourth-order valence-electron chi connectivity index (χ4n) is 1.37. The van der Waals surface area contributed by atoms with Gasteiger partial charge in [0.15, 0.2) is 0 Å². The Morgan fingerprint density at radius 3 is 2.33 bits per heavy atom. The number of rotatable bonds is 3. The lowest BCUT2D eigenvalue weighted by atomic mass is 10.1. The maximum Gasteiger partial charge on any atom is 0.397 e. The molecule has 0 radical (unpaired) electrons. The van der Waals surface area contributed by atoms with Gasteiger partial charge in [-0.3, -0.25) is 4.79 Å². The average molecular weight is 261 g/mol. The molecule has 0 heterocycles. The number of carboxylic acid groups (broad SMARTS) is 1. The van der Waals surface area contributed by atoms with Crippen molar-refractivity contribution in [2.24, 2.45) is 0 Å². The van der Waals surface area contributed by atoms with E-state index in [2.05, 4.69) is 0 Å². The Hall–Kier alpha value is -2.05. The van der Waals surface area contributed by atoms with E-state index in [1.807, 2.05) is 0 Å². The summed E-state index contributed by atoms with van der Waals surface area (Å²) in [5.41, 5.74) is -0.297. The van der Waals surface area contributed by atoms with E-state index >= 15 is 0 Å². The molecule has 0 unspecified atom stereocenters. The largest absolute Gasteiger partial charge is 0.478 e. The first kappa shape index (κ1) is 14.0. The molecule has 0 aliphatic carbocycles. The van der Waals surface area contributed by atoms with E-state index in [0.717, 1.165) is 7.05 Å². The number of halogens is 3. The number of anilines is 1. The summed E-state index contributed by atoms with van der Waals surface area (Å²) in [5, 5.41) is 8.87. The van der Waals surface area contributed by atoms with Gasteiger partial charge in [0.25, 0.3) is 0 Å². The number of para-hydroxylation sites is 1. The van der Waals surface area contributed by atoms with Gasteiger partial charge in [-0.15, -0.1) is 0 Å². The average Bonchev–Trinajstić information content (AvgIpc) is 2.25. The molecule has 0 spiro atoms. The number of nitrogens with zero attached hydrogens (tertiary/aromatic N) is 1. The van der Waals surface area contributed by atoms with Gasteiger partial charge in [-0.05, 0) is 12.1 Å². The number of carboxylic acids is 1. The van der Waals surface area contributed by atoms with Crippen molar-refractivity contribution in [2.45, 2.75) is 12.6 Å². The van der Waals surface area contributed by atoms with Gasteiger partial charge in [-0.1, -0.05) is 12.1 Å². The molecule has 0 atom stereocenters. The van der Waals surface area contributed by atoms with Crippen LogP contribution >= 0.6 is 0 Å². The Balaban J connectivity index is 3.00. The van der Waals surface area contributed by atoms with Crippen molar-refractivity contribution in [1.29, 1.82) is 0 Å². The number of carbonyl (C=O) groups is 2. The third-order valence-corrected chi connectivity index (χ3v) is 2.22. The molecule has 7 heteroatoms. The third kappa shape index (κ3) is 3.47. The van der Waals surface area contributed by atoms with Gasteiger partial charge in [-0.2, -0.15) is 13.2 Å². The highest BCUT2D eigenvalue weighted by Crippen LogP contribution is 2.24. The maximum absolute atomic E-state index is 12.1. The molecule has 0 aliphatic heterocycles. The molecule has 98 valence electrons. The third-order valence-electron chi connectivity index (χ3n) is 2.22. The molecular formula is C11H10F3NO3. The number of hydrogen-bond donors (Lipinski definition) is 1. The lowest BCUT2D eigenvalue weighted by Crippen LogP contribution is -2.31. The molecule has 1 N–H and O–H groups in total. The van der Waals surface area contributed by atoms with Crippen molar-refractivity contribution in [3.8, 4) is 0 Å². The second-order valence-electron chi connectivity index (χ2n) is 3.57. The molecule has 4 nitrogen and oxygen atoms in total. The van der Waals surface area contributed by atoms with E-state index in [0.29, 0.717) is 4.90 Å². The van der Waals surface area contributed by atoms with Gasteiger partial charge in [0.05, 0.1) is 11.3 Å². The van der Waals surface area contributed by atoms with Crippen LogP contribution < -0.4 is 4.90 Å². The Morgan fingerprint density at radius 1 is 1.28 bits per heavy atom. The van der Waals surface area contributed by atoms with Crippen LogP contribution in [0.3, 0.4) is 0 Å². The van der Waals surface area contributed by atoms with Gasteiger partial charge in [-0.25, -0.2) is 4.79 Å². The Kier molecular flexibility index (Phi) is 3.95. The smallest absolute Gasteiger partial charge is 0.397 e. The van der Waals surface area contributed by atoms with Crippen molar-refractivity contribution in [3.05, 3.63) is 29.8 Å². The summed E-state index contributed by atoms with van der Waals surface area (Å²) in [6.07, 6.45) is -6.25. The van der Waals surface area contributed by atoms with Crippen LogP contribution in [-0.4, -0.2) is 30.2 Å². The molecule has 0 fully saturated rings. The minimum absolute atomic E-state index is 0.0701. The Morgan fingerprint density at radius 2 is 1.83 bits per heavy atom. The van der Waals surface area contributed by atoms with E-state index in [9.17, 15) is 22.8 Å². The van der Waals surface area contributed by atoms with E-state index in [1.165, 1.54) is 24.3 Å². The minimum atomic E-state index is -4.62. The first-order valence-electron chi connectivity index (χ1n) is 4.88. The summed E-state index contributed by atoms with van der Waals surface area (Å²) in [7, 11) is 1.11. The molecule has 18 heavy (non-hydrogen) atoms. The second kappa shape index (κ2) is 5.07. The molecular weight excluding hydrogens is 251 g/mol. The summed E-state index contributed by atoms with van der Waals surface area (Å²) < 4.78 is 36.2. The van der Waals surface area contributed by atoms with Gasteiger partial charge in [0.1, 0.15) is 6.42 Å². The van der Waals surface area contributed by atoms with E-state index < -0.39 is 24.5 Å². The fourth-order valence-corrected chi connectivity index (χ4v) is 1.37. The van der Waals surface area contributed by atoms with Crippen LogP contribution in [-0.2, 0) is 4.79 Å². The highest BCUT2D eigenvalue weighted by atomic mass is 19.4. The van der Waals surface area contributed by atoms with Crippen LogP contribution in [0, 0.1) is 0 Å². The monoisotopic (exact) mass is 261 g/mol. The first-order valence-corrected chi connectivity index (χ1v) is 4.88. The Labute approximate surface area is 101 Å². The number of amides is 1. The summed E-state index contributed by atoms with van der Waals surface area (Å²) in [5.74, 6) is -2.52. The van der Waals surface area contributed by atoms with Gasteiger partial charge in [0, 0.05) is 7.05 Å². The number of alkyl halides is 3. The molecule has 1 aromatic carbocycles. The number of aromatic carboxylic acids is 1. The summed E-state index contributed by atoms with van der Waals surface area (Å²) >= 11 is 0. The lowest BCUT2D eigenvalue weighted by molar-refractivity contribution is -0.151. The molecule has 1 amide bonds. The number of benzene rings is 1. The Bertz CT molecular complexity index is 471. The van der Waals surface area contributed by atoms with Gasteiger partial charge >= 0.3 is 12.1 Å². The predicted octanol–water partition coefficient (Wildman–Crippen LogP) is 2.30. The highest BCUT2D eigenvalue weighted by molar-refractivity contribution is 6.01. The van der Waals surface area contributed by atoms with Crippen LogP contribution in [0.15, 0.2) is 24.3 Å². The maximum atomic E-state index is 12.1. The van der Waals surface area contributed by atoms with Crippen molar-refractivity contribution < 1.29 is 27.9 Å². The fraction of sp³-hybridized carbons (Fsp3) is 0.273. The molecule has 0 saturated carbocycles. The number of hydrogen-bond acceptors (Lipinski definition) is 2. The molecule has 0 aliphatic rings. The SMILES string of the molecule is CN(C(=O)CC(F)(F)F)c1ccccc1C(=O)O. The lowest BCUT2D eigenvalue weighted by Gasteiger charge is -2.20. The standard InChI is InChI=1S/C11H10F3NO3/c1-15(9(16)6-11(12,13)14)8-5-3-2-4-7(8)10(17)18/h2-5H,6H2,1H3,(H,17,18). The summed E-state index contributed by atoms with van der Waals surface area (Å²) in [6, 6.07) is 5.36. The second-order valence-corrected chi connectivity index (χ2v) is 3.57. The topological polar surface area (TPSA) is 57.6 Å².